The van der Waals surface area contributed by atoms with Crippen molar-refractivity contribution in [3.8, 4) is 17.6 Å². The summed E-state index contributed by atoms with van der Waals surface area (Å²) in [4.78, 5) is 40.8. The van der Waals surface area contributed by atoms with Crippen molar-refractivity contribution in [3.63, 3.8) is 0 Å². The van der Waals surface area contributed by atoms with Crippen LogP contribution in [-0.4, -0.2) is 83.6 Å². The number of methoxy groups -OCH3 is 3. The molecule has 1 aliphatic rings. The summed E-state index contributed by atoms with van der Waals surface area (Å²) in [5, 5.41) is 9.71. The highest BCUT2D eigenvalue weighted by Gasteiger charge is 2.60. The first kappa shape index (κ1) is 42.8. The molecule has 14 heteroatoms. The smallest absolute Gasteiger partial charge is 0.347 e. The Bertz CT molecular complexity index is 1990. The minimum Gasteiger partial charge on any atom is -0.497 e. The number of nitriles is 1. The average molecular weight is 790 g/mol. The van der Waals surface area contributed by atoms with E-state index < -0.39 is 42.7 Å². The van der Waals surface area contributed by atoms with Gasteiger partial charge in [-0.05, 0) is 75.6 Å². The number of nitrogens with one attached hydrogen (secondary N) is 1. The lowest BCUT2D eigenvalue weighted by molar-refractivity contribution is -0.180. The molecule has 0 aliphatic carbocycles. The van der Waals surface area contributed by atoms with Gasteiger partial charge in [-0.15, -0.1) is 4.67 Å². The third kappa shape index (κ3) is 8.77. The van der Waals surface area contributed by atoms with Crippen LogP contribution in [0.2, 0.25) is 0 Å². The Morgan fingerprint density at radius 1 is 0.929 bits per heavy atom. The summed E-state index contributed by atoms with van der Waals surface area (Å²) in [6, 6.07) is 27.0. The zero-order chi connectivity index (χ0) is 40.7. The fourth-order valence-corrected chi connectivity index (χ4v) is 10.7. The van der Waals surface area contributed by atoms with Crippen molar-refractivity contribution in [2.45, 2.75) is 83.1 Å². The van der Waals surface area contributed by atoms with Crippen LogP contribution >= 0.6 is 7.87 Å². The van der Waals surface area contributed by atoms with Crippen LogP contribution in [0.15, 0.2) is 94.6 Å². The fourth-order valence-electron chi connectivity index (χ4n) is 7.69. The van der Waals surface area contributed by atoms with Gasteiger partial charge < -0.3 is 23.7 Å². The zero-order valence-electron chi connectivity index (χ0n) is 33.4. The molecule has 1 saturated heterocycles. The Morgan fingerprint density at radius 2 is 1.48 bits per heavy atom. The molecule has 300 valence electrons. The topological polar surface area (TPSA) is 158 Å². The van der Waals surface area contributed by atoms with Gasteiger partial charge in [0.05, 0.1) is 39.9 Å². The molecular weight excluding hydrogens is 735 g/mol. The molecule has 13 nitrogen and oxygen atoms in total. The van der Waals surface area contributed by atoms with Gasteiger partial charge in [-0.2, -0.15) is 9.79 Å². The number of aromatic amines is 1. The average Bonchev–Trinajstić information content (AvgIpc) is 3.52. The number of hydrogen-bond donors (Lipinski definition) is 2. The van der Waals surface area contributed by atoms with Crippen LogP contribution in [0, 0.1) is 18.3 Å². The Morgan fingerprint density at radius 3 is 1.98 bits per heavy atom. The normalized spacial score (nSPS) is 19.6. The van der Waals surface area contributed by atoms with Crippen LogP contribution < -0.4 is 20.7 Å². The predicted molar refractivity (Wildman–Crippen MR) is 215 cm³/mol. The summed E-state index contributed by atoms with van der Waals surface area (Å²) < 4.78 is 41.5. The molecule has 5 rings (SSSR count). The van der Waals surface area contributed by atoms with E-state index in [0.717, 1.165) is 16.7 Å². The second kappa shape index (κ2) is 18.3. The lowest BCUT2D eigenvalue weighted by Crippen LogP contribution is -2.52. The van der Waals surface area contributed by atoms with E-state index in [0.29, 0.717) is 17.1 Å². The van der Waals surface area contributed by atoms with Crippen molar-refractivity contribution in [3.05, 3.63) is 128 Å². The first-order valence-corrected chi connectivity index (χ1v) is 20.5. The van der Waals surface area contributed by atoms with Gasteiger partial charge >= 0.3 is 13.6 Å². The molecule has 2 heterocycles. The largest absolute Gasteiger partial charge is 0.497 e. The summed E-state index contributed by atoms with van der Waals surface area (Å²) in [6.07, 6.45) is -0.208. The maximum absolute atomic E-state index is 13.4. The van der Waals surface area contributed by atoms with E-state index in [-0.39, 0.29) is 44.3 Å². The minimum atomic E-state index is -3.52. The van der Waals surface area contributed by atoms with Crippen molar-refractivity contribution in [2.75, 3.05) is 40.7 Å². The Labute approximate surface area is 329 Å². The number of nitrogens with zero attached hydrogens (tertiary/aromatic N) is 3. The number of benzene rings is 3. The SMILES string of the molecule is COC[C@]1(COC(c2ccccc2)(c2ccc(OC)cc2)c2ccc(OC)cc2)O[C@@H](n2cc(C)c(=O)[nH]c2=O)C[C@@H]1O[P+](O)(CCC#N)N(C(C)C)C(C)C. The van der Waals surface area contributed by atoms with Crippen LogP contribution in [0.25, 0.3) is 0 Å². The highest BCUT2D eigenvalue weighted by atomic mass is 31.2. The molecule has 4 aromatic rings. The summed E-state index contributed by atoms with van der Waals surface area (Å²) in [5.41, 5.74) is -1.17. The lowest BCUT2D eigenvalue weighted by atomic mass is 9.79. The highest BCUT2D eigenvalue weighted by molar-refractivity contribution is 7.63. The third-order valence-corrected chi connectivity index (χ3v) is 13.2. The lowest BCUT2D eigenvalue weighted by Gasteiger charge is -2.42. The zero-order valence-corrected chi connectivity index (χ0v) is 34.3. The van der Waals surface area contributed by atoms with E-state index in [9.17, 15) is 19.7 Å². The number of aromatic nitrogens is 2. The highest BCUT2D eigenvalue weighted by Crippen LogP contribution is 2.64. The molecule has 4 atom stereocenters. The van der Waals surface area contributed by atoms with E-state index in [1.165, 1.54) is 17.9 Å². The van der Waals surface area contributed by atoms with Crippen LogP contribution in [0.3, 0.4) is 0 Å². The third-order valence-electron chi connectivity index (χ3n) is 10.2. The van der Waals surface area contributed by atoms with Gasteiger partial charge in [0.25, 0.3) is 5.56 Å². The van der Waals surface area contributed by atoms with Gasteiger partial charge in [0.1, 0.15) is 41.2 Å². The fraction of sp³-hybridized carbons (Fsp3) is 0.452. The maximum atomic E-state index is 13.4. The van der Waals surface area contributed by atoms with Crippen LogP contribution in [-0.2, 0) is 24.3 Å². The maximum Gasteiger partial charge on any atom is 0.347 e. The van der Waals surface area contributed by atoms with Gasteiger partial charge in [-0.1, -0.05) is 54.6 Å². The Balaban J connectivity index is 1.73. The van der Waals surface area contributed by atoms with E-state index in [4.69, 9.17) is 28.2 Å². The minimum absolute atomic E-state index is 0.0512. The van der Waals surface area contributed by atoms with E-state index in [1.807, 2.05) is 111 Å². The number of hydrogen-bond acceptors (Lipinski definition) is 11. The van der Waals surface area contributed by atoms with Crippen molar-refractivity contribution in [2.24, 2.45) is 0 Å². The van der Waals surface area contributed by atoms with Crippen LogP contribution in [0.1, 0.15) is 69.0 Å². The molecule has 1 aromatic heterocycles. The number of aryl methyl sites for hydroxylation is 1. The van der Waals surface area contributed by atoms with Gasteiger partial charge in [0, 0.05) is 37.4 Å². The first-order chi connectivity index (χ1) is 26.8. The van der Waals surface area contributed by atoms with Crippen molar-refractivity contribution in [1.29, 1.82) is 5.26 Å². The number of H-pyrrole nitrogens is 1. The molecule has 0 saturated carbocycles. The van der Waals surface area contributed by atoms with Gasteiger partial charge in [-0.3, -0.25) is 14.3 Å². The Kier molecular flexibility index (Phi) is 13.9. The quantitative estimate of drug-likeness (QED) is 0.0856. The summed E-state index contributed by atoms with van der Waals surface area (Å²) in [5.74, 6) is 1.33. The van der Waals surface area contributed by atoms with E-state index in [2.05, 4.69) is 11.1 Å². The van der Waals surface area contributed by atoms with E-state index >= 15 is 0 Å². The molecule has 1 fully saturated rings. The van der Waals surface area contributed by atoms with E-state index in [1.54, 1.807) is 21.1 Å². The van der Waals surface area contributed by atoms with Gasteiger partial charge in [-0.25, -0.2) is 9.69 Å². The molecule has 56 heavy (non-hydrogen) atoms. The molecule has 1 unspecified atom stereocenters. The van der Waals surface area contributed by atoms with Gasteiger partial charge in [0.2, 0.25) is 0 Å². The van der Waals surface area contributed by atoms with Crippen molar-refractivity contribution < 1.29 is 33.1 Å². The van der Waals surface area contributed by atoms with Crippen LogP contribution in [0.5, 0.6) is 11.5 Å². The summed E-state index contributed by atoms with van der Waals surface area (Å²) in [6.45, 7) is 9.27. The molecule has 0 radical (unpaired) electrons. The number of ether oxygens (including phenoxy) is 5. The standard InChI is InChI=1S/C42H53N4O9P/c1-29(2)46(30(3)4)56(49,24-12-23-43)55-37-25-38(45-26-31(5)39(47)44-40(45)48)54-41(37,27-50-6)28-53-42(32-13-10-9-11-14-32,33-15-19-35(51-7)20-16-33)34-17-21-36(52-8)22-18-34/h9-11,13-22,26,29-30,37-38,49H,12,24-25,27-28H2,1-8H3/p+1/t37-,38+,41+,56?/m0/s1. The van der Waals surface area contributed by atoms with Gasteiger partial charge in [0.15, 0.2) is 0 Å². The summed E-state index contributed by atoms with van der Waals surface area (Å²) >= 11 is 0. The molecule has 3 aromatic carbocycles. The van der Waals surface area contributed by atoms with Crippen molar-refractivity contribution in [1.82, 2.24) is 14.2 Å². The molecule has 2 N–H and O–H groups in total. The molecule has 0 bridgehead atoms. The molecular formula is C42H54N4O9P+. The predicted octanol–water partition coefficient (Wildman–Crippen LogP) is 6.35. The van der Waals surface area contributed by atoms with Crippen LogP contribution in [0.4, 0.5) is 0 Å². The molecule has 1 aliphatic heterocycles. The molecule has 0 spiro atoms. The second-order valence-electron chi connectivity index (χ2n) is 14.5. The number of rotatable bonds is 18. The Hall–Kier alpha value is -4.38. The monoisotopic (exact) mass is 789 g/mol. The first-order valence-electron chi connectivity index (χ1n) is 18.7. The summed E-state index contributed by atoms with van der Waals surface area (Å²) in [7, 11) is 1.23. The second-order valence-corrected chi connectivity index (χ2v) is 17.0. The molecule has 0 amide bonds. The van der Waals surface area contributed by atoms with Crippen molar-refractivity contribution >= 4 is 7.87 Å².